The molecule has 0 bridgehead atoms. The Morgan fingerprint density at radius 3 is 2.48 bits per heavy atom. The predicted octanol–water partition coefficient (Wildman–Crippen LogP) is 10.5. The lowest BCUT2D eigenvalue weighted by atomic mass is 9.73. The molecule has 4 nitrogen and oxygen atoms in total. The van der Waals surface area contributed by atoms with Crippen LogP contribution in [0.1, 0.15) is 74.1 Å². The summed E-state index contributed by atoms with van der Waals surface area (Å²) in [4.78, 5) is 0. The molecular formula is C50H54N4. The van der Waals surface area contributed by atoms with Crippen LogP contribution in [0.5, 0.6) is 0 Å². The molecule has 0 radical (unpaired) electrons. The van der Waals surface area contributed by atoms with Gasteiger partial charge in [-0.25, -0.2) is 0 Å². The van der Waals surface area contributed by atoms with Crippen LogP contribution >= 0.6 is 0 Å². The summed E-state index contributed by atoms with van der Waals surface area (Å²) in [6.45, 7) is 3.31. The molecule has 6 aliphatic rings. The van der Waals surface area contributed by atoms with Gasteiger partial charge in [0.15, 0.2) is 0 Å². The van der Waals surface area contributed by atoms with Crippen LogP contribution in [-0.2, 0) is 11.1 Å². The second-order valence-electron chi connectivity index (χ2n) is 16.4. The summed E-state index contributed by atoms with van der Waals surface area (Å²) in [5, 5.41) is 16.0. The van der Waals surface area contributed by atoms with E-state index in [4.69, 9.17) is 0 Å². The number of rotatable bonds is 11. The number of allylic oxidation sites excluding steroid dienone is 12. The molecule has 3 aromatic carbocycles. The summed E-state index contributed by atoms with van der Waals surface area (Å²) in [6.07, 6.45) is 38.1. The zero-order valence-electron chi connectivity index (χ0n) is 31.6. The number of nitrogens with one attached hydrogen (secondary N) is 4. The van der Waals surface area contributed by atoms with E-state index in [1.54, 1.807) is 0 Å². The summed E-state index contributed by atoms with van der Waals surface area (Å²) < 4.78 is 0. The molecule has 1 fully saturated rings. The van der Waals surface area contributed by atoms with Crippen molar-refractivity contribution < 1.29 is 0 Å². The van der Waals surface area contributed by atoms with E-state index in [1.165, 1.54) is 51.3 Å². The maximum Gasteiger partial charge on any atom is 0.112 e. The first-order chi connectivity index (χ1) is 26.6. The van der Waals surface area contributed by atoms with Gasteiger partial charge in [0.2, 0.25) is 0 Å². The fourth-order valence-corrected chi connectivity index (χ4v) is 9.73. The van der Waals surface area contributed by atoms with Gasteiger partial charge >= 0.3 is 0 Å². The van der Waals surface area contributed by atoms with Crippen LogP contribution in [0, 0.1) is 17.8 Å². The molecule has 1 aliphatic heterocycles. The highest BCUT2D eigenvalue weighted by molar-refractivity contribution is 5.86. The van der Waals surface area contributed by atoms with E-state index in [1.807, 2.05) is 0 Å². The molecule has 274 valence electrons. The Hall–Kier alpha value is -4.90. The fraction of sp³-hybridized carbons (Fsp3) is 0.320. The predicted molar refractivity (Wildman–Crippen MR) is 226 cm³/mol. The molecule has 0 spiro atoms. The molecule has 0 aromatic heterocycles. The van der Waals surface area contributed by atoms with Crippen LogP contribution in [0.15, 0.2) is 163 Å². The highest BCUT2D eigenvalue weighted by Crippen LogP contribution is 2.46. The maximum atomic E-state index is 4.12. The minimum Gasteiger partial charge on any atom is -0.382 e. The first kappa shape index (κ1) is 34.8. The van der Waals surface area contributed by atoms with Gasteiger partial charge in [-0.3, -0.25) is 10.6 Å². The second-order valence-corrected chi connectivity index (χ2v) is 16.4. The van der Waals surface area contributed by atoms with Crippen molar-refractivity contribution >= 4 is 17.3 Å². The van der Waals surface area contributed by atoms with E-state index in [-0.39, 0.29) is 11.1 Å². The summed E-state index contributed by atoms with van der Waals surface area (Å²) in [7, 11) is 0. The van der Waals surface area contributed by atoms with Gasteiger partial charge in [-0.05, 0) is 91.5 Å². The van der Waals surface area contributed by atoms with Crippen molar-refractivity contribution in [1.82, 2.24) is 16.0 Å². The molecule has 1 heterocycles. The molecule has 0 amide bonds. The summed E-state index contributed by atoms with van der Waals surface area (Å²) in [6, 6.07) is 29.6. The normalized spacial score (nSPS) is 30.9. The quantitative estimate of drug-likeness (QED) is 0.118. The Balaban J connectivity index is 0.973. The van der Waals surface area contributed by atoms with Crippen LogP contribution in [-0.4, -0.2) is 18.6 Å². The molecule has 7 atom stereocenters. The van der Waals surface area contributed by atoms with Gasteiger partial charge in [0.1, 0.15) is 5.66 Å². The third-order valence-corrected chi connectivity index (χ3v) is 12.8. The Kier molecular flexibility index (Phi) is 9.73. The van der Waals surface area contributed by atoms with Gasteiger partial charge < -0.3 is 10.6 Å². The summed E-state index contributed by atoms with van der Waals surface area (Å²) >= 11 is 0. The van der Waals surface area contributed by atoms with Crippen LogP contribution in [0.4, 0.5) is 5.69 Å². The van der Waals surface area contributed by atoms with E-state index in [0.29, 0.717) is 29.8 Å². The van der Waals surface area contributed by atoms with Crippen molar-refractivity contribution in [3.05, 3.63) is 185 Å². The van der Waals surface area contributed by atoms with Gasteiger partial charge in [0.05, 0.1) is 6.04 Å². The van der Waals surface area contributed by atoms with Crippen molar-refractivity contribution in [2.24, 2.45) is 17.8 Å². The highest BCUT2D eigenvalue weighted by atomic mass is 15.4. The maximum absolute atomic E-state index is 4.12. The van der Waals surface area contributed by atoms with Crippen molar-refractivity contribution in [3.63, 3.8) is 0 Å². The van der Waals surface area contributed by atoms with Crippen LogP contribution in [0.25, 0.3) is 11.6 Å². The molecule has 6 unspecified atom stereocenters. The van der Waals surface area contributed by atoms with E-state index < -0.39 is 0 Å². The standard InChI is InChI=1S/C50H54N4/c1-49(35-51-50(39-22-10-4-11-23-39)48(54-50)37-20-8-3-9-21-37)33-17-27-42-44(49)28-16-30-46(42)53-47-32-31-38(34-43(47)36-18-6-2-7-19-36)41-26-14-15-29-45(41)52-40-24-12-5-13-25-40/h2-12,15-20,22-24,27-30,32,34,37-38,41,45,48,51-54H,13-14,21,25-26,31,33,35H2,1H3/t37?,38?,41?,45?,48-,49?,50?/m1/s1. The van der Waals surface area contributed by atoms with Gasteiger partial charge in [-0.1, -0.05) is 153 Å². The van der Waals surface area contributed by atoms with Crippen LogP contribution < -0.4 is 21.3 Å². The van der Waals surface area contributed by atoms with Crippen molar-refractivity contribution in [2.45, 2.75) is 75.0 Å². The van der Waals surface area contributed by atoms with Crippen molar-refractivity contribution in [3.8, 4) is 0 Å². The first-order valence-corrected chi connectivity index (χ1v) is 20.3. The van der Waals surface area contributed by atoms with E-state index in [0.717, 1.165) is 45.1 Å². The molecule has 4 N–H and O–H groups in total. The Morgan fingerprint density at radius 2 is 1.67 bits per heavy atom. The topological polar surface area (TPSA) is 58.0 Å². The minimum absolute atomic E-state index is 0.0646. The number of fused-ring (bicyclic) bond motifs is 1. The lowest BCUT2D eigenvalue weighted by Gasteiger charge is -2.37. The zero-order valence-corrected chi connectivity index (χ0v) is 31.6. The van der Waals surface area contributed by atoms with E-state index >= 15 is 0 Å². The van der Waals surface area contributed by atoms with Gasteiger partial charge in [-0.2, -0.15) is 0 Å². The Bertz CT molecular complexity index is 2080. The molecule has 5 aliphatic carbocycles. The first-order valence-electron chi connectivity index (χ1n) is 20.3. The summed E-state index contributed by atoms with van der Waals surface area (Å²) in [5.74, 6) is 1.48. The highest BCUT2D eigenvalue weighted by Gasteiger charge is 2.58. The van der Waals surface area contributed by atoms with E-state index in [2.05, 4.69) is 186 Å². The van der Waals surface area contributed by atoms with Crippen molar-refractivity contribution in [1.29, 1.82) is 0 Å². The minimum atomic E-state index is -0.229. The average Bonchev–Trinajstić information content (AvgIpc) is 3.98. The Labute approximate surface area is 322 Å². The van der Waals surface area contributed by atoms with Gasteiger partial charge in [0, 0.05) is 46.2 Å². The van der Waals surface area contributed by atoms with Crippen LogP contribution in [0.3, 0.4) is 0 Å². The number of hydrogen-bond acceptors (Lipinski definition) is 4. The third kappa shape index (κ3) is 6.94. The van der Waals surface area contributed by atoms with E-state index in [9.17, 15) is 0 Å². The lowest BCUT2D eigenvalue weighted by molar-refractivity contribution is 0.303. The molecular weight excluding hydrogens is 657 g/mol. The molecule has 0 saturated carbocycles. The summed E-state index contributed by atoms with van der Waals surface area (Å²) in [5.41, 5.74) is 10.1. The zero-order chi connectivity index (χ0) is 36.4. The molecule has 4 heteroatoms. The molecule has 3 aromatic rings. The van der Waals surface area contributed by atoms with Gasteiger partial charge in [0.25, 0.3) is 0 Å². The molecule has 54 heavy (non-hydrogen) atoms. The Morgan fingerprint density at radius 1 is 0.796 bits per heavy atom. The van der Waals surface area contributed by atoms with Crippen molar-refractivity contribution in [2.75, 3.05) is 11.9 Å². The SMILES string of the molecule is CC1(CNC2(c3ccccc3)N[C@@H]2C2C=CC=CC2)CC=Cc2c(NC3=CCC(C4CCC=CC4NC4=CC=CCC4)C=C3c3ccccc3)cccc21. The van der Waals surface area contributed by atoms with Crippen LogP contribution in [0.2, 0.25) is 0 Å². The average molecular weight is 711 g/mol. The third-order valence-electron chi connectivity index (χ3n) is 12.8. The fourth-order valence-electron chi connectivity index (χ4n) is 9.73. The lowest BCUT2D eigenvalue weighted by Crippen LogP contribution is -2.45. The largest absolute Gasteiger partial charge is 0.382 e. The number of benzene rings is 3. The smallest absolute Gasteiger partial charge is 0.112 e. The molecule has 1 saturated heterocycles. The monoisotopic (exact) mass is 710 g/mol. The second kappa shape index (κ2) is 15.1. The number of anilines is 1. The molecule has 9 rings (SSSR count). The van der Waals surface area contributed by atoms with Gasteiger partial charge in [-0.15, -0.1) is 0 Å². The number of hydrogen-bond donors (Lipinski definition) is 4.